The van der Waals surface area contributed by atoms with E-state index in [2.05, 4.69) is 12.6 Å². The number of carbonyl (C=O) groups is 1. The molecule has 0 aliphatic carbocycles. The Hall–Kier alpha value is -1.26. The molecule has 0 fully saturated rings. The van der Waals surface area contributed by atoms with Gasteiger partial charge in [0, 0.05) is 31.5 Å². The molecular formula is C21H36O7SSi. The summed E-state index contributed by atoms with van der Waals surface area (Å²) in [5.41, 5.74) is -0.881. The Labute approximate surface area is 187 Å². The predicted octanol–water partition coefficient (Wildman–Crippen LogP) is 4.22. The van der Waals surface area contributed by atoms with Crippen molar-refractivity contribution in [2.24, 2.45) is 0 Å². The topological polar surface area (TPSA) is 72.5 Å². The Bertz CT molecular complexity index is 629. The van der Waals surface area contributed by atoms with Crippen molar-refractivity contribution in [2.75, 3.05) is 39.8 Å². The quantitative estimate of drug-likeness (QED) is 0.253. The Kier molecular flexibility index (Phi) is 11.2. The van der Waals surface area contributed by atoms with Crippen LogP contribution in [-0.2, 0) is 28.4 Å². The maximum atomic E-state index is 13.4. The van der Waals surface area contributed by atoms with Crippen LogP contribution in [0.5, 0.6) is 11.5 Å². The smallest absolute Gasteiger partial charge is 0.497 e. The summed E-state index contributed by atoms with van der Waals surface area (Å²) in [6.07, 6.45) is 0.422. The van der Waals surface area contributed by atoms with E-state index in [0.29, 0.717) is 43.5 Å². The molecule has 0 N–H and O–H groups in total. The van der Waals surface area contributed by atoms with Gasteiger partial charge < -0.3 is 27.5 Å². The fourth-order valence-electron chi connectivity index (χ4n) is 3.13. The van der Waals surface area contributed by atoms with E-state index in [9.17, 15) is 4.79 Å². The molecule has 1 atom stereocenters. The number of rotatable bonds is 14. The highest BCUT2D eigenvalue weighted by atomic mass is 32.1. The summed E-state index contributed by atoms with van der Waals surface area (Å²) in [6, 6.07) is 5.41. The summed E-state index contributed by atoms with van der Waals surface area (Å²) in [4.78, 5) is 13.4. The second-order valence-corrected chi connectivity index (χ2v) is 10.2. The van der Waals surface area contributed by atoms with Crippen molar-refractivity contribution >= 4 is 27.4 Å². The highest BCUT2D eigenvalue weighted by Gasteiger charge is 2.54. The molecule has 9 heteroatoms. The van der Waals surface area contributed by atoms with Gasteiger partial charge in [0.25, 0.3) is 0 Å². The second kappa shape index (κ2) is 12.6. The lowest BCUT2D eigenvalue weighted by molar-refractivity contribution is -0.159. The van der Waals surface area contributed by atoms with E-state index in [-0.39, 0.29) is 0 Å². The summed E-state index contributed by atoms with van der Waals surface area (Å²) in [6.45, 7) is 10.3. The number of thiol groups is 1. The van der Waals surface area contributed by atoms with E-state index >= 15 is 0 Å². The Morgan fingerprint density at radius 1 is 0.967 bits per heavy atom. The van der Waals surface area contributed by atoms with Crippen molar-refractivity contribution in [1.29, 1.82) is 0 Å². The van der Waals surface area contributed by atoms with Crippen LogP contribution in [0.15, 0.2) is 18.2 Å². The highest BCUT2D eigenvalue weighted by molar-refractivity contribution is 7.80. The number of benzene rings is 1. The molecule has 0 radical (unpaired) electrons. The lowest BCUT2D eigenvalue weighted by atomic mass is 9.97. The summed E-state index contributed by atoms with van der Waals surface area (Å²) >= 11 is 4.34. The molecule has 0 spiro atoms. The van der Waals surface area contributed by atoms with Gasteiger partial charge >= 0.3 is 14.8 Å². The van der Waals surface area contributed by atoms with Gasteiger partial charge in [-0.2, -0.15) is 12.6 Å². The van der Waals surface area contributed by atoms with Crippen LogP contribution in [0.4, 0.5) is 0 Å². The SMILES string of the molecule is CCO[Si](OCC)(OCC)C(CCS)C(=O)OC(C)(C)c1cc(OC)cc(OC)c1. The van der Waals surface area contributed by atoms with Crippen LogP contribution in [0, 0.1) is 0 Å². The van der Waals surface area contributed by atoms with Crippen LogP contribution in [0.2, 0.25) is 5.54 Å². The standard InChI is InChI=1S/C21H36O7SSi/c1-8-25-30(26-9-2,27-10-3)19(11-12-29)20(22)28-21(4,5)16-13-17(23-6)15-18(14-16)24-7/h13-15,19,29H,8-12H2,1-7H3. The van der Waals surface area contributed by atoms with E-state index in [4.69, 9.17) is 27.5 Å². The largest absolute Gasteiger partial charge is 0.515 e. The zero-order chi connectivity index (χ0) is 22.8. The van der Waals surface area contributed by atoms with Gasteiger partial charge in [0.2, 0.25) is 0 Å². The molecule has 0 heterocycles. The molecule has 1 unspecified atom stereocenters. The first kappa shape index (κ1) is 26.8. The van der Waals surface area contributed by atoms with Crippen LogP contribution < -0.4 is 9.47 Å². The molecule has 0 aliphatic rings. The van der Waals surface area contributed by atoms with Crippen molar-refractivity contribution in [3.8, 4) is 11.5 Å². The summed E-state index contributed by atoms with van der Waals surface area (Å²) in [5, 5.41) is 0. The van der Waals surface area contributed by atoms with Crippen LogP contribution in [0.1, 0.15) is 46.6 Å². The second-order valence-electron chi connectivity index (χ2n) is 7.00. The number of hydrogen-bond acceptors (Lipinski definition) is 8. The fourth-order valence-corrected chi connectivity index (χ4v) is 6.54. The highest BCUT2D eigenvalue weighted by Crippen LogP contribution is 2.37. The van der Waals surface area contributed by atoms with E-state index in [1.165, 1.54) is 0 Å². The normalized spacial score (nSPS) is 13.1. The number of carbonyl (C=O) groups excluding carboxylic acids is 1. The molecule has 0 aliphatic heterocycles. The van der Waals surface area contributed by atoms with Crippen molar-refractivity contribution in [2.45, 2.75) is 52.2 Å². The number of hydrogen-bond donors (Lipinski definition) is 1. The lowest BCUT2D eigenvalue weighted by Crippen LogP contribution is -2.54. The van der Waals surface area contributed by atoms with Gasteiger partial charge in [-0.25, -0.2) is 0 Å². The summed E-state index contributed by atoms with van der Waals surface area (Å²) in [7, 11) is -0.166. The van der Waals surface area contributed by atoms with Crippen LogP contribution in [0.3, 0.4) is 0 Å². The summed E-state index contributed by atoms with van der Waals surface area (Å²) < 4.78 is 34.6. The molecular weight excluding hydrogens is 424 g/mol. The van der Waals surface area contributed by atoms with Gasteiger partial charge in [0.05, 0.1) is 14.2 Å². The first-order valence-electron chi connectivity index (χ1n) is 10.2. The van der Waals surface area contributed by atoms with E-state index in [1.807, 2.05) is 46.8 Å². The zero-order valence-electron chi connectivity index (χ0n) is 19.1. The molecule has 7 nitrogen and oxygen atoms in total. The Morgan fingerprint density at radius 3 is 1.80 bits per heavy atom. The van der Waals surface area contributed by atoms with Crippen molar-refractivity contribution in [3.63, 3.8) is 0 Å². The molecule has 0 saturated heterocycles. The molecule has 1 aromatic carbocycles. The Morgan fingerprint density at radius 2 is 1.43 bits per heavy atom. The number of methoxy groups -OCH3 is 2. The fraction of sp³-hybridized carbons (Fsp3) is 0.667. The van der Waals surface area contributed by atoms with E-state index in [1.54, 1.807) is 20.3 Å². The lowest BCUT2D eigenvalue weighted by Gasteiger charge is -2.36. The van der Waals surface area contributed by atoms with Crippen molar-refractivity contribution in [1.82, 2.24) is 0 Å². The van der Waals surface area contributed by atoms with Gasteiger partial charge in [-0.15, -0.1) is 0 Å². The minimum Gasteiger partial charge on any atom is -0.497 e. The van der Waals surface area contributed by atoms with Crippen molar-refractivity contribution < 1.29 is 32.3 Å². The molecule has 1 rings (SSSR count). The monoisotopic (exact) mass is 460 g/mol. The number of ether oxygens (including phenoxy) is 3. The third kappa shape index (κ3) is 6.88. The van der Waals surface area contributed by atoms with Gasteiger partial charge in [-0.1, -0.05) is 0 Å². The van der Waals surface area contributed by atoms with E-state index in [0.717, 1.165) is 5.56 Å². The van der Waals surface area contributed by atoms with Gasteiger partial charge in [0.15, 0.2) is 0 Å². The Balaban J connectivity index is 3.28. The molecule has 1 aromatic rings. The summed E-state index contributed by atoms with van der Waals surface area (Å²) in [5.74, 6) is 1.26. The van der Waals surface area contributed by atoms with Crippen LogP contribution >= 0.6 is 12.6 Å². The molecule has 0 bridgehead atoms. The van der Waals surface area contributed by atoms with Gasteiger partial charge in [-0.3, -0.25) is 4.79 Å². The minimum atomic E-state index is -3.32. The first-order valence-corrected chi connectivity index (χ1v) is 12.7. The molecule has 0 saturated carbocycles. The number of esters is 1. The van der Waals surface area contributed by atoms with Gasteiger partial charge in [-0.05, 0) is 58.9 Å². The zero-order valence-corrected chi connectivity index (χ0v) is 21.0. The average Bonchev–Trinajstić information content (AvgIpc) is 2.71. The predicted molar refractivity (Wildman–Crippen MR) is 122 cm³/mol. The minimum absolute atomic E-state index is 0.374. The average molecular weight is 461 g/mol. The van der Waals surface area contributed by atoms with Crippen LogP contribution in [-0.4, -0.2) is 54.6 Å². The van der Waals surface area contributed by atoms with Gasteiger partial charge in [0.1, 0.15) is 22.6 Å². The maximum absolute atomic E-state index is 13.4. The van der Waals surface area contributed by atoms with E-state index < -0.39 is 25.9 Å². The third-order valence-corrected chi connectivity index (χ3v) is 8.28. The molecule has 0 aromatic heterocycles. The van der Waals surface area contributed by atoms with Crippen molar-refractivity contribution in [3.05, 3.63) is 23.8 Å². The third-order valence-electron chi connectivity index (χ3n) is 4.57. The molecule has 172 valence electrons. The van der Waals surface area contributed by atoms with Crippen LogP contribution in [0.25, 0.3) is 0 Å². The molecule has 30 heavy (non-hydrogen) atoms. The first-order chi connectivity index (χ1) is 14.2. The molecule has 0 amide bonds. The maximum Gasteiger partial charge on any atom is 0.515 e.